The van der Waals surface area contributed by atoms with E-state index in [1.807, 2.05) is 6.08 Å². The smallest absolute Gasteiger partial charge is 0.0966 e. The van der Waals surface area contributed by atoms with Gasteiger partial charge in [0.25, 0.3) is 0 Å². The number of nitriles is 1. The topological polar surface area (TPSA) is 27.0 Å². The molecule has 0 aromatic carbocycles. The molecule has 0 atom stereocenters. The van der Waals surface area contributed by atoms with Gasteiger partial charge in [0.1, 0.15) is 0 Å². The van der Waals surface area contributed by atoms with Gasteiger partial charge in [0.2, 0.25) is 0 Å². The molecule has 2 aliphatic heterocycles. The quantitative estimate of drug-likeness (QED) is 0.517. The van der Waals surface area contributed by atoms with E-state index in [1.165, 1.54) is 18.5 Å². The first-order valence-electron chi connectivity index (χ1n) is 3.95. The Kier molecular flexibility index (Phi) is 1.43. The zero-order valence-corrected chi connectivity index (χ0v) is 6.38. The molecule has 2 heterocycles. The minimum Gasteiger partial charge on any atom is -0.370 e. The highest BCUT2D eigenvalue weighted by atomic mass is 15.2. The van der Waals surface area contributed by atoms with E-state index in [0.29, 0.717) is 0 Å². The molecular formula is C9H10N2. The summed E-state index contributed by atoms with van der Waals surface area (Å²) in [5, 5.41) is 8.64. The van der Waals surface area contributed by atoms with Crippen molar-refractivity contribution in [3.05, 3.63) is 23.4 Å². The van der Waals surface area contributed by atoms with Crippen LogP contribution in [-0.2, 0) is 0 Å². The fourth-order valence-electron chi connectivity index (χ4n) is 1.65. The van der Waals surface area contributed by atoms with Crippen molar-refractivity contribution in [2.45, 2.75) is 12.8 Å². The summed E-state index contributed by atoms with van der Waals surface area (Å²) in [5.74, 6) is 0. The van der Waals surface area contributed by atoms with E-state index < -0.39 is 0 Å². The van der Waals surface area contributed by atoms with Gasteiger partial charge in [-0.1, -0.05) is 0 Å². The van der Waals surface area contributed by atoms with Gasteiger partial charge in [-0.05, 0) is 25.0 Å². The zero-order chi connectivity index (χ0) is 7.68. The number of rotatable bonds is 0. The standard InChI is InChI=1S/C9H10N2/c10-6-8-3-4-9-2-1-5-11(9)7-8/h3-4H,1-2,5,7H2. The lowest BCUT2D eigenvalue weighted by Gasteiger charge is -2.21. The predicted octanol–water partition coefficient (Wildman–Crippen LogP) is 1.43. The van der Waals surface area contributed by atoms with Gasteiger partial charge in [0.15, 0.2) is 0 Å². The number of allylic oxidation sites excluding steroid dienone is 3. The molecule has 0 spiro atoms. The van der Waals surface area contributed by atoms with Crippen LogP contribution in [0.5, 0.6) is 0 Å². The average molecular weight is 146 g/mol. The summed E-state index contributed by atoms with van der Waals surface area (Å²) in [6.07, 6.45) is 6.46. The van der Waals surface area contributed by atoms with Gasteiger partial charge in [-0.3, -0.25) is 0 Å². The SMILES string of the molecule is N#CC1=CC=C2CCCN2C1. The van der Waals surface area contributed by atoms with Gasteiger partial charge in [0, 0.05) is 17.8 Å². The summed E-state index contributed by atoms with van der Waals surface area (Å²) in [6, 6.07) is 2.19. The fourth-order valence-corrected chi connectivity index (χ4v) is 1.65. The summed E-state index contributed by atoms with van der Waals surface area (Å²) in [7, 11) is 0. The molecule has 0 bridgehead atoms. The van der Waals surface area contributed by atoms with E-state index >= 15 is 0 Å². The first kappa shape index (κ1) is 6.48. The molecule has 0 amide bonds. The Morgan fingerprint density at radius 2 is 2.36 bits per heavy atom. The molecule has 2 nitrogen and oxygen atoms in total. The molecular weight excluding hydrogens is 136 g/mol. The third kappa shape index (κ3) is 1.03. The fraction of sp³-hybridized carbons (Fsp3) is 0.444. The molecule has 1 saturated heterocycles. The number of hydrogen-bond donors (Lipinski definition) is 0. The number of nitrogens with zero attached hydrogens (tertiary/aromatic N) is 2. The van der Waals surface area contributed by atoms with Crippen LogP contribution in [-0.4, -0.2) is 18.0 Å². The Morgan fingerprint density at radius 3 is 3.18 bits per heavy atom. The minimum absolute atomic E-state index is 0.836. The first-order valence-corrected chi connectivity index (χ1v) is 3.95. The van der Waals surface area contributed by atoms with Gasteiger partial charge in [-0.15, -0.1) is 0 Å². The average Bonchev–Trinajstić information content (AvgIpc) is 2.50. The van der Waals surface area contributed by atoms with E-state index in [2.05, 4.69) is 17.0 Å². The van der Waals surface area contributed by atoms with Crippen molar-refractivity contribution in [3.63, 3.8) is 0 Å². The van der Waals surface area contributed by atoms with Crippen molar-refractivity contribution in [3.8, 4) is 6.07 Å². The molecule has 2 rings (SSSR count). The third-order valence-corrected chi connectivity index (χ3v) is 2.25. The van der Waals surface area contributed by atoms with E-state index in [0.717, 1.165) is 18.7 Å². The second kappa shape index (κ2) is 2.43. The Morgan fingerprint density at radius 1 is 1.45 bits per heavy atom. The van der Waals surface area contributed by atoms with Crippen molar-refractivity contribution in [1.82, 2.24) is 4.90 Å². The maximum absolute atomic E-state index is 8.64. The molecule has 0 aromatic rings. The van der Waals surface area contributed by atoms with Crippen LogP contribution in [0.1, 0.15) is 12.8 Å². The molecule has 2 heteroatoms. The lowest BCUT2D eigenvalue weighted by Crippen LogP contribution is -2.22. The number of fused-ring (bicyclic) bond motifs is 1. The van der Waals surface area contributed by atoms with Crippen molar-refractivity contribution < 1.29 is 0 Å². The van der Waals surface area contributed by atoms with E-state index in [1.54, 1.807) is 0 Å². The van der Waals surface area contributed by atoms with Crippen LogP contribution >= 0.6 is 0 Å². The van der Waals surface area contributed by atoms with Gasteiger partial charge in [-0.25, -0.2) is 0 Å². The Hall–Kier alpha value is -1.23. The van der Waals surface area contributed by atoms with Crippen LogP contribution in [0.3, 0.4) is 0 Å². The highest BCUT2D eigenvalue weighted by Gasteiger charge is 2.19. The van der Waals surface area contributed by atoms with Crippen LogP contribution in [0.15, 0.2) is 23.4 Å². The normalized spacial score (nSPS) is 21.9. The molecule has 0 N–H and O–H groups in total. The van der Waals surface area contributed by atoms with Crippen LogP contribution in [0.4, 0.5) is 0 Å². The highest BCUT2D eigenvalue weighted by molar-refractivity contribution is 5.34. The zero-order valence-electron chi connectivity index (χ0n) is 6.38. The van der Waals surface area contributed by atoms with Crippen molar-refractivity contribution in [1.29, 1.82) is 5.26 Å². The molecule has 11 heavy (non-hydrogen) atoms. The van der Waals surface area contributed by atoms with E-state index in [9.17, 15) is 0 Å². The molecule has 56 valence electrons. The Balaban J connectivity index is 2.23. The van der Waals surface area contributed by atoms with E-state index in [4.69, 9.17) is 5.26 Å². The maximum atomic E-state index is 8.64. The second-order valence-corrected chi connectivity index (χ2v) is 2.99. The van der Waals surface area contributed by atoms with Gasteiger partial charge in [-0.2, -0.15) is 5.26 Å². The molecule has 0 radical (unpaired) electrons. The molecule has 0 saturated carbocycles. The van der Waals surface area contributed by atoms with Crippen molar-refractivity contribution >= 4 is 0 Å². The second-order valence-electron chi connectivity index (χ2n) is 2.99. The summed E-state index contributed by atoms with van der Waals surface area (Å²) in [6.45, 7) is 1.97. The Bertz CT molecular complexity index is 268. The molecule has 1 fully saturated rings. The molecule has 0 aromatic heterocycles. The van der Waals surface area contributed by atoms with Crippen LogP contribution in [0.25, 0.3) is 0 Å². The summed E-state index contributed by atoms with van der Waals surface area (Å²) < 4.78 is 0. The summed E-state index contributed by atoms with van der Waals surface area (Å²) in [4.78, 5) is 2.29. The van der Waals surface area contributed by atoms with Gasteiger partial charge < -0.3 is 4.90 Å². The molecule has 0 unspecified atom stereocenters. The van der Waals surface area contributed by atoms with Crippen LogP contribution in [0, 0.1) is 11.3 Å². The number of hydrogen-bond acceptors (Lipinski definition) is 2. The molecule has 0 aliphatic carbocycles. The van der Waals surface area contributed by atoms with Gasteiger partial charge in [0.05, 0.1) is 12.6 Å². The van der Waals surface area contributed by atoms with Crippen molar-refractivity contribution in [2.75, 3.05) is 13.1 Å². The lowest BCUT2D eigenvalue weighted by atomic mass is 10.1. The summed E-state index contributed by atoms with van der Waals surface area (Å²) in [5.41, 5.74) is 2.29. The Labute approximate surface area is 66.4 Å². The van der Waals surface area contributed by atoms with Crippen molar-refractivity contribution in [2.24, 2.45) is 0 Å². The monoisotopic (exact) mass is 146 g/mol. The largest absolute Gasteiger partial charge is 0.370 e. The third-order valence-electron chi connectivity index (χ3n) is 2.25. The predicted molar refractivity (Wildman–Crippen MR) is 42.6 cm³/mol. The van der Waals surface area contributed by atoms with Crippen LogP contribution < -0.4 is 0 Å². The van der Waals surface area contributed by atoms with Gasteiger partial charge >= 0.3 is 0 Å². The lowest BCUT2D eigenvalue weighted by molar-refractivity contribution is 0.425. The van der Waals surface area contributed by atoms with Crippen LogP contribution in [0.2, 0.25) is 0 Å². The first-order chi connectivity index (χ1) is 5.40. The van der Waals surface area contributed by atoms with E-state index in [-0.39, 0.29) is 0 Å². The minimum atomic E-state index is 0.836. The summed E-state index contributed by atoms with van der Waals surface area (Å²) >= 11 is 0. The maximum Gasteiger partial charge on any atom is 0.0966 e. The highest BCUT2D eigenvalue weighted by Crippen LogP contribution is 2.24. The molecule has 2 aliphatic rings.